The molecule has 1 atom stereocenters. The average molecular weight is 643 g/mol. The lowest BCUT2D eigenvalue weighted by Gasteiger charge is -2.17. The van der Waals surface area contributed by atoms with Gasteiger partial charge in [-0.25, -0.2) is 35.2 Å². The van der Waals surface area contributed by atoms with Crippen LogP contribution in [0.2, 0.25) is 0 Å². The number of pyridine rings is 1. The first-order valence-corrected chi connectivity index (χ1v) is 13.5. The number of hydrogen-bond acceptors (Lipinski definition) is 14. The Kier molecular flexibility index (Phi) is 10.4. The number of anilines is 2. The van der Waals surface area contributed by atoms with Crippen LogP contribution < -0.4 is 37.9 Å². The maximum Gasteiger partial charge on any atom is 0.342 e. The Morgan fingerprint density at radius 3 is 1.60 bits per heavy atom. The molecule has 0 amide bonds. The number of carboxylic acids is 2. The summed E-state index contributed by atoms with van der Waals surface area (Å²) in [5.74, 6) is 9.04. The van der Waals surface area contributed by atoms with Gasteiger partial charge in [0.25, 0.3) is 11.4 Å². The average Bonchev–Trinajstić information content (AvgIpc) is 2.99. The molecule has 20 heteroatoms. The fourth-order valence-corrected chi connectivity index (χ4v) is 4.60. The van der Waals surface area contributed by atoms with Gasteiger partial charge in [0.05, 0.1) is 48.9 Å². The molecular formula is C25H26N10O9S. The predicted octanol–water partition coefficient (Wildman–Crippen LogP) is 1.20. The van der Waals surface area contributed by atoms with E-state index in [1.165, 1.54) is 24.3 Å². The summed E-state index contributed by atoms with van der Waals surface area (Å²) in [6.07, 6.45) is 2.26. The third-order valence-corrected chi connectivity index (χ3v) is 7.06. The second-order valence-corrected chi connectivity index (χ2v) is 10.1. The van der Waals surface area contributed by atoms with Crippen molar-refractivity contribution in [3.63, 3.8) is 0 Å². The monoisotopic (exact) mass is 642 g/mol. The lowest BCUT2D eigenvalue weighted by molar-refractivity contribution is -0.385. The van der Waals surface area contributed by atoms with Gasteiger partial charge in [-0.2, -0.15) is 0 Å². The molecule has 0 aliphatic heterocycles. The van der Waals surface area contributed by atoms with Crippen LogP contribution in [0.3, 0.4) is 0 Å². The highest BCUT2D eigenvalue weighted by Gasteiger charge is 2.23. The second-order valence-electron chi connectivity index (χ2n) is 8.85. The van der Waals surface area contributed by atoms with E-state index < -0.39 is 55.3 Å². The Morgan fingerprint density at radius 2 is 1.27 bits per heavy atom. The highest BCUT2D eigenvalue weighted by Crippen LogP contribution is 2.27. The van der Waals surface area contributed by atoms with E-state index in [1.54, 1.807) is 6.92 Å². The Balaban J connectivity index is 2.05. The van der Waals surface area contributed by atoms with Crippen molar-refractivity contribution in [1.29, 1.82) is 0 Å². The van der Waals surface area contributed by atoms with E-state index in [1.807, 2.05) is 0 Å². The molecule has 2 aromatic carbocycles. The minimum Gasteiger partial charge on any atom is -0.477 e. The first-order valence-electron chi connectivity index (χ1n) is 12.4. The van der Waals surface area contributed by atoms with Gasteiger partial charge in [-0.05, 0) is 36.4 Å². The van der Waals surface area contributed by atoms with Crippen LogP contribution in [0.1, 0.15) is 39.0 Å². The smallest absolute Gasteiger partial charge is 0.342 e. The van der Waals surface area contributed by atoms with Gasteiger partial charge in [-0.15, -0.1) is 0 Å². The minimum absolute atomic E-state index is 0.00206. The molecule has 1 heterocycles. The number of carboxylic acid groups (broad SMARTS) is 2. The molecule has 45 heavy (non-hydrogen) atoms. The van der Waals surface area contributed by atoms with Crippen LogP contribution in [0.15, 0.2) is 65.8 Å². The Morgan fingerprint density at radius 1 is 0.867 bits per heavy atom. The molecule has 0 aliphatic carbocycles. The van der Waals surface area contributed by atoms with Gasteiger partial charge in [0.2, 0.25) is 0 Å². The number of hydrazine groups is 2. The van der Waals surface area contributed by atoms with Crippen molar-refractivity contribution < 1.29 is 33.9 Å². The number of nitro groups is 2. The van der Waals surface area contributed by atoms with Crippen LogP contribution in [0.4, 0.5) is 22.7 Å². The molecule has 3 rings (SSSR count). The van der Waals surface area contributed by atoms with Crippen LogP contribution in [-0.2, 0) is 11.0 Å². The van der Waals surface area contributed by atoms with Gasteiger partial charge in [0, 0.05) is 31.1 Å². The highest BCUT2D eigenvalue weighted by molar-refractivity contribution is 7.83. The third kappa shape index (κ3) is 7.91. The topological polar surface area (TPSA) is 313 Å². The van der Waals surface area contributed by atoms with E-state index in [2.05, 4.69) is 9.71 Å². The van der Waals surface area contributed by atoms with Gasteiger partial charge in [-0.1, -0.05) is 6.92 Å². The van der Waals surface area contributed by atoms with Gasteiger partial charge in [0.15, 0.2) is 0 Å². The number of benzene rings is 2. The van der Waals surface area contributed by atoms with Crippen molar-refractivity contribution in [3.05, 3.63) is 104 Å². The van der Waals surface area contributed by atoms with E-state index in [-0.39, 0.29) is 39.1 Å². The molecule has 236 valence electrons. The van der Waals surface area contributed by atoms with Crippen molar-refractivity contribution >= 4 is 57.1 Å². The molecule has 0 saturated carbocycles. The lowest BCUT2D eigenvalue weighted by atomic mass is 10.1. The molecule has 11 N–H and O–H groups in total. The van der Waals surface area contributed by atoms with Gasteiger partial charge in [-0.3, -0.25) is 30.2 Å². The number of nitrogens with one attached hydrogen (secondary N) is 1. The lowest BCUT2D eigenvalue weighted by Crippen LogP contribution is -2.27. The van der Waals surface area contributed by atoms with Crippen LogP contribution in [0.5, 0.6) is 0 Å². The fourth-order valence-electron chi connectivity index (χ4n) is 3.73. The number of nitro benzene ring substituents is 2. The highest BCUT2D eigenvalue weighted by atomic mass is 32.2. The summed E-state index contributed by atoms with van der Waals surface area (Å²) >= 11 is 0. The Labute approximate surface area is 255 Å². The summed E-state index contributed by atoms with van der Waals surface area (Å²) in [5, 5.41) is 42.9. The van der Waals surface area contributed by atoms with Gasteiger partial charge >= 0.3 is 11.9 Å². The minimum atomic E-state index is -1.77. The first kappa shape index (κ1) is 33.5. The zero-order valence-electron chi connectivity index (χ0n) is 23.2. The second kappa shape index (κ2) is 14.0. The summed E-state index contributed by atoms with van der Waals surface area (Å²) in [6.45, 7) is 2.03. The maximum atomic E-state index is 12.8. The number of nitrogens with two attached hydrogens (primary N) is 4. The molecule has 1 aromatic heterocycles. The number of aromatic carboxylic acids is 2. The number of rotatable bonds is 13. The van der Waals surface area contributed by atoms with E-state index in [0.717, 1.165) is 46.7 Å². The number of aromatic nitrogens is 1. The van der Waals surface area contributed by atoms with Crippen molar-refractivity contribution in [2.75, 3.05) is 16.6 Å². The predicted molar refractivity (Wildman–Crippen MR) is 162 cm³/mol. The first-order chi connectivity index (χ1) is 21.1. The molecule has 0 radical (unpaired) electrons. The molecule has 0 fully saturated rings. The maximum absolute atomic E-state index is 12.8. The zero-order valence-corrected chi connectivity index (χ0v) is 24.0. The molecular weight excluding hydrogens is 616 g/mol. The van der Waals surface area contributed by atoms with Crippen molar-refractivity contribution in [2.24, 2.45) is 23.2 Å². The summed E-state index contributed by atoms with van der Waals surface area (Å²) in [7, 11) is -1.77. The van der Waals surface area contributed by atoms with Crippen molar-refractivity contribution in [2.45, 2.75) is 11.8 Å². The van der Waals surface area contributed by atoms with Gasteiger partial charge in [0.1, 0.15) is 22.1 Å². The molecule has 0 bridgehead atoms. The van der Waals surface area contributed by atoms with E-state index in [0.29, 0.717) is 6.54 Å². The van der Waals surface area contributed by atoms with Crippen molar-refractivity contribution in [1.82, 2.24) is 9.71 Å². The summed E-state index contributed by atoms with van der Waals surface area (Å²) in [5.41, 5.74) is 9.67. The van der Waals surface area contributed by atoms with Crippen LogP contribution >= 0.6 is 0 Å². The normalized spacial score (nSPS) is 12.3. The molecule has 0 spiro atoms. The van der Waals surface area contributed by atoms with Gasteiger partial charge < -0.3 is 21.7 Å². The fraction of sp³-hybridized carbons (Fsp3) is 0.0800. The van der Waals surface area contributed by atoms with E-state index in [9.17, 15) is 44.2 Å². The molecule has 3 aromatic rings. The largest absolute Gasteiger partial charge is 0.477 e. The molecule has 19 nitrogen and oxygen atoms in total. The number of carbonyl (C=O) groups is 2. The Hall–Kier alpha value is -5.96. The summed E-state index contributed by atoms with van der Waals surface area (Å²) < 4.78 is 15.5. The summed E-state index contributed by atoms with van der Waals surface area (Å²) in [6, 6.07) is 9.05. The van der Waals surface area contributed by atoms with E-state index in [4.69, 9.17) is 23.2 Å². The quantitative estimate of drug-likeness (QED) is 0.0782. The standard InChI is InChI=1S/C25H26N10O9S/c1-2-30-45(44)15-9-20(18(26)11-32(28)13-3-5-16(24(36)37)22(7-13)34(40)41)31-21(10-15)19(27)12-33(29)14-4-6-17(25(38)39)23(8-14)35(42)43/h3-12,30H,2,26-29H2,1H3,(H,36,37)(H,38,39)/b18-11-,19-12-. The van der Waals surface area contributed by atoms with Crippen molar-refractivity contribution in [3.8, 4) is 0 Å². The van der Waals surface area contributed by atoms with Crippen LogP contribution in [0, 0.1) is 20.2 Å². The van der Waals surface area contributed by atoms with Crippen LogP contribution in [-0.4, -0.2) is 47.7 Å². The summed E-state index contributed by atoms with van der Waals surface area (Å²) in [4.78, 5) is 48.1. The zero-order chi connectivity index (χ0) is 33.6. The number of hydrogen-bond donors (Lipinski definition) is 7. The molecule has 1 unspecified atom stereocenters. The molecule has 0 saturated heterocycles. The Bertz CT molecular complexity index is 1660. The third-order valence-electron chi connectivity index (χ3n) is 5.85. The van der Waals surface area contributed by atoms with Crippen LogP contribution in [0.25, 0.3) is 11.4 Å². The van der Waals surface area contributed by atoms with E-state index >= 15 is 0 Å². The number of nitrogens with zero attached hydrogens (tertiary/aromatic N) is 5. The SMILES string of the molecule is CCNS(=O)c1cc(/C(N)=C/N(N)c2ccc(C(=O)O)c([N+](=O)[O-])c2)nc(/C(N)=C/N(N)c2ccc(C(=O)O)c([N+](=O)[O-])c2)c1. The molecule has 0 aliphatic rings.